The molecule has 1 saturated carbocycles. The van der Waals surface area contributed by atoms with E-state index in [4.69, 9.17) is 5.26 Å². The number of carbonyl (C=O) groups is 1. The molecule has 0 aromatic heterocycles. The zero-order valence-electron chi connectivity index (χ0n) is 11.7. The lowest BCUT2D eigenvalue weighted by atomic mass is 9.85. The first-order valence-corrected chi connectivity index (χ1v) is 7.56. The van der Waals surface area contributed by atoms with Crippen molar-refractivity contribution in [1.29, 1.82) is 5.26 Å². The topological polar surface area (TPSA) is 44.1 Å². The van der Waals surface area contributed by atoms with Crippen molar-refractivity contribution >= 4 is 5.91 Å². The van der Waals surface area contributed by atoms with Crippen LogP contribution < -0.4 is 0 Å². The number of rotatable bonds is 2. The average molecular weight is 268 g/mol. The van der Waals surface area contributed by atoms with Crippen LogP contribution in [-0.4, -0.2) is 23.4 Å². The summed E-state index contributed by atoms with van der Waals surface area (Å²) in [7, 11) is 0. The Morgan fingerprint density at radius 1 is 1.20 bits per heavy atom. The molecule has 20 heavy (non-hydrogen) atoms. The highest BCUT2D eigenvalue weighted by atomic mass is 16.2. The summed E-state index contributed by atoms with van der Waals surface area (Å²) in [5.74, 6) is 0.998. The number of benzene rings is 1. The Hall–Kier alpha value is -1.82. The number of likely N-dealkylation sites (tertiary alicyclic amines) is 1. The summed E-state index contributed by atoms with van der Waals surface area (Å²) >= 11 is 0. The standard InChI is InChI=1S/C17H20N2O/c18-12-14-7-5-13(6-8-14)11-17(20)19-10-9-15-3-1-2-4-16(15)19/h5-8,15-16H,1-4,9-11H2. The first-order valence-electron chi connectivity index (χ1n) is 7.56. The van der Waals surface area contributed by atoms with Gasteiger partial charge in [0.1, 0.15) is 0 Å². The molecule has 0 radical (unpaired) electrons. The Balaban J connectivity index is 1.65. The van der Waals surface area contributed by atoms with E-state index in [0.717, 1.165) is 18.0 Å². The highest BCUT2D eigenvalue weighted by Gasteiger charge is 2.37. The van der Waals surface area contributed by atoms with Gasteiger partial charge in [-0.3, -0.25) is 4.79 Å². The smallest absolute Gasteiger partial charge is 0.227 e. The number of carbonyl (C=O) groups excluding carboxylic acids is 1. The van der Waals surface area contributed by atoms with Crippen molar-refractivity contribution in [3.8, 4) is 6.07 Å². The van der Waals surface area contributed by atoms with Gasteiger partial charge in [0.05, 0.1) is 18.1 Å². The second-order valence-corrected chi connectivity index (χ2v) is 5.97. The van der Waals surface area contributed by atoms with E-state index in [2.05, 4.69) is 11.0 Å². The fourth-order valence-corrected chi connectivity index (χ4v) is 3.69. The molecule has 1 saturated heterocycles. The van der Waals surface area contributed by atoms with E-state index in [-0.39, 0.29) is 5.91 Å². The van der Waals surface area contributed by atoms with Gasteiger partial charge < -0.3 is 4.90 Å². The van der Waals surface area contributed by atoms with Crippen molar-refractivity contribution < 1.29 is 4.79 Å². The van der Waals surface area contributed by atoms with Crippen molar-refractivity contribution in [3.05, 3.63) is 35.4 Å². The highest BCUT2D eigenvalue weighted by Crippen LogP contribution is 2.36. The molecule has 2 fully saturated rings. The molecule has 0 bridgehead atoms. The number of amides is 1. The monoisotopic (exact) mass is 268 g/mol. The Morgan fingerprint density at radius 3 is 2.70 bits per heavy atom. The summed E-state index contributed by atoms with van der Waals surface area (Å²) in [6, 6.07) is 9.96. The Kier molecular flexibility index (Phi) is 3.73. The third-order valence-electron chi connectivity index (χ3n) is 4.77. The molecule has 2 unspecified atom stereocenters. The van der Waals surface area contributed by atoms with Crippen molar-refractivity contribution in [2.24, 2.45) is 5.92 Å². The molecule has 1 heterocycles. The molecule has 1 amide bonds. The fraction of sp³-hybridized carbons (Fsp3) is 0.529. The summed E-state index contributed by atoms with van der Waals surface area (Å²) < 4.78 is 0. The zero-order valence-corrected chi connectivity index (χ0v) is 11.7. The van der Waals surface area contributed by atoms with Crippen molar-refractivity contribution in [2.75, 3.05) is 6.54 Å². The molecule has 1 aliphatic carbocycles. The van der Waals surface area contributed by atoms with E-state index >= 15 is 0 Å². The predicted octanol–water partition coefficient (Wildman–Crippen LogP) is 2.89. The molecule has 0 spiro atoms. The minimum atomic E-state index is 0.254. The maximum Gasteiger partial charge on any atom is 0.227 e. The van der Waals surface area contributed by atoms with Crippen molar-refractivity contribution in [1.82, 2.24) is 4.90 Å². The van der Waals surface area contributed by atoms with E-state index in [0.29, 0.717) is 18.0 Å². The number of hydrogen-bond acceptors (Lipinski definition) is 2. The third-order valence-corrected chi connectivity index (χ3v) is 4.77. The van der Waals surface area contributed by atoms with Crippen LogP contribution >= 0.6 is 0 Å². The SMILES string of the molecule is N#Cc1ccc(CC(=O)N2CCC3CCCCC32)cc1. The second kappa shape index (κ2) is 5.66. The van der Waals surface area contributed by atoms with Crippen LogP contribution in [0.2, 0.25) is 0 Å². The van der Waals surface area contributed by atoms with Gasteiger partial charge >= 0.3 is 0 Å². The van der Waals surface area contributed by atoms with E-state index in [9.17, 15) is 4.79 Å². The largest absolute Gasteiger partial charge is 0.339 e. The molecule has 3 heteroatoms. The highest BCUT2D eigenvalue weighted by molar-refractivity contribution is 5.79. The van der Waals surface area contributed by atoms with Crippen LogP contribution in [0, 0.1) is 17.2 Å². The van der Waals surface area contributed by atoms with Crippen LogP contribution in [0.25, 0.3) is 0 Å². The molecule has 104 valence electrons. The van der Waals surface area contributed by atoms with Gasteiger partial charge in [0.25, 0.3) is 0 Å². The Morgan fingerprint density at radius 2 is 1.95 bits per heavy atom. The molecule has 1 aromatic rings. The van der Waals surface area contributed by atoms with Gasteiger partial charge in [-0.05, 0) is 42.9 Å². The lowest BCUT2D eigenvalue weighted by Crippen LogP contribution is -2.40. The van der Waals surface area contributed by atoms with Crippen LogP contribution in [0.3, 0.4) is 0 Å². The van der Waals surface area contributed by atoms with Crippen LogP contribution in [-0.2, 0) is 11.2 Å². The van der Waals surface area contributed by atoms with Crippen molar-refractivity contribution in [2.45, 2.75) is 44.6 Å². The minimum Gasteiger partial charge on any atom is -0.339 e. The van der Waals surface area contributed by atoms with Gasteiger partial charge in [-0.25, -0.2) is 0 Å². The zero-order chi connectivity index (χ0) is 13.9. The first-order chi connectivity index (χ1) is 9.78. The lowest BCUT2D eigenvalue weighted by molar-refractivity contribution is -0.132. The number of nitriles is 1. The second-order valence-electron chi connectivity index (χ2n) is 5.97. The lowest BCUT2D eigenvalue weighted by Gasteiger charge is -2.31. The average Bonchev–Trinajstić information content (AvgIpc) is 2.92. The summed E-state index contributed by atoms with van der Waals surface area (Å²) in [5.41, 5.74) is 1.66. The van der Waals surface area contributed by atoms with E-state index in [1.54, 1.807) is 12.1 Å². The molecular formula is C17H20N2O. The Bertz CT molecular complexity index is 529. The molecule has 3 nitrogen and oxygen atoms in total. The normalized spacial score (nSPS) is 25.1. The molecule has 1 aromatic carbocycles. The summed E-state index contributed by atoms with van der Waals surface area (Å²) in [6.45, 7) is 0.935. The molecule has 2 aliphatic rings. The molecule has 0 N–H and O–H groups in total. The number of fused-ring (bicyclic) bond motifs is 1. The number of hydrogen-bond donors (Lipinski definition) is 0. The van der Waals surface area contributed by atoms with Gasteiger partial charge in [0.15, 0.2) is 0 Å². The van der Waals surface area contributed by atoms with Gasteiger partial charge in [-0.1, -0.05) is 25.0 Å². The van der Waals surface area contributed by atoms with E-state index in [1.165, 1.54) is 32.1 Å². The van der Waals surface area contributed by atoms with Crippen molar-refractivity contribution in [3.63, 3.8) is 0 Å². The van der Waals surface area contributed by atoms with Gasteiger partial charge in [0.2, 0.25) is 5.91 Å². The number of nitrogens with zero attached hydrogens (tertiary/aromatic N) is 2. The molecule has 1 aliphatic heterocycles. The first kappa shape index (κ1) is 13.2. The summed E-state index contributed by atoms with van der Waals surface area (Å²) in [4.78, 5) is 14.6. The van der Waals surface area contributed by atoms with Gasteiger partial charge in [-0.2, -0.15) is 5.26 Å². The predicted molar refractivity (Wildman–Crippen MR) is 76.9 cm³/mol. The molecule has 3 rings (SSSR count). The van der Waals surface area contributed by atoms with Crippen LogP contribution in [0.4, 0.5) is 0 Å². The van der Waals surface area contributed by atoms with Gasteiger partial charge in [-0.15, -0.1) is 0 Å². The fourth-order valence-electron chi connectivity index (χ4n) is 3.69. The quantitative estimate of drug-likeness (QED) is 0.827. The molecule has 2 atom stereocenters. The maximum absolute atomic E-state index is 12.5. The minimum absolute atomic E-state index is 0.254. The van der Waals surface area contributed by atoms with Crippen LogP contribution in [0.15, 0.2) is 24.3 Å². The van der Waals surface area contributed by atoms with Gasteiger partial charge in [0, 0.05) is 12.6 Å². The molecular weight excluding hydrogens is 248 g/mol. The third kappa shape index (κ3) is 2.56. The van der Waals surface area contributed by atoms with Crippen LogP contribution in [0.1, 0.15) is 43.2 Å². The maximum atomic E-state index is 12.5. The van der Waals surface area contributed by atoms with E-state index in [1.807, 2.05) is 12.1 Å². The summed E-state index contributed by atoms with van der Waals surface area (Å²) in [6.07, 6.45) is 6.73. The van der Waals surface area contributed by atoms with Crippen LogP contribution in [0.5, 0.6) is 0 Å². The Labute approximate surface area is 120 Å². The summed E-state index contributed by atoms with van der Waals surface area (Å²) in [5, 5.41) is 8.79. The van der Waals surface area contributed by atoms with E-state index < -0.39 is 0 Å².